The zero-order valence-corrected chi connectivity index (χ0v) is 41.5. The zero-order chi connectivity index (χ0) is 48.8. The van der Waals surface area contributed by atoms with Gasteiger partial charge in [0.1, 0.15) is 28.7 Å². The number of likely N-dealkylation sites (tertiary alicyclic amines) is 1. The molecule has 3 aliphatic rings. The summed E-state index contributed by atoms with van der Waals surface area (Å²) in [5.41, 5.74) is 3.69. The number of aryl methyl sites for hydroxylation is 1. The Morgan fingerprint density at radius 1 is 1.06 bits per heavy atom. The first kappa shape index (κ1) is 50.7. The van der Waals surface area contributed by atoms with Crippen molar-refractivity contribution in [3.05, 3.63) is 76.0 Å². The van der Waals surface area contributed by atoms with Gasteiger partial charge in [-0.05, 0) is 69.9 Å². The molecule has 7 rings (SSSR count). The van der Waals surface area contributed by atoms with Gasteiger partial charge in [-0.1, -0.05) is 35.9 Å². The second kappa shape index (κ2) is 22.1. The van der Waals surface area contributed by atoms with Gasteiger partial charge in [0.2, 0.25) is 17.8 Å². The molecule has 0 radical (unpaired) electrons. The Balaban J connectivity index is 0.877. The molecule has 4 aromatic rings. The molecule has 2 aromatic carbocycles. The van der Waals surface area contributed by atoms with Crippen LogP contribution in [0.2, 0.25) is 5.02 Å². The van der Waals surface area contributed by atoms with Gasteiger partial charge >= 0.3 is 0 Å². The Hall–Kier alpha value is -5.12. The highest BCUT2D eigenvalue weighted by Crippen LogP contribution is 2.41. The number of thioether (sulfide) groups is 1. The number of halogens is 2. The van der Waals surface area contributed by atoms with Gasteiger partial charge in [0.15, 0.2) is 5.67 Å². The maximum atomic E-state index is 15.1. The quantitative estimate of drug-likeness (QED) is 0.0698. The minimum atomic E-state index is -2.03. The third kappa shape index (κ3) is 12.2. The van der Waals surface area contributed by atoms with Crippen LogP contribution in [0.4, 0.5) is 21.8 Å². The van der Waals surface area contributed by atoms with Gasteiger partial charge in [-0.15, -0.1) is 11.3 Å². The highest BCUT2D eigenvalue weighted by Gasteiger charge is 2.54. The highest BCUT2D eigenvalue weighted by molar-refractivity contribution is 8.00. The van der Waals surface area contributed by atoms with Crippen LogP contribution in [-0.4, -0.2) is 159 Å². The fourth-order valence-electron chi connectivity index (χ4n) is 8.25. The number of nitrogens with one attached hydrogen (secondary N) is 4. The molecule has 0 bridgehead atoms. The van der Waals surface area contributed by atoms with Crippen LogP contribution < -0.4 is 26.0 Å². The second-order valence-electron chi connectivity index (χ2n) is 17.8. The normalized spacial score (nSPS) is 19.0. The van der Waals surface area contributed by atoms with Gasteiger partial charge in [-0.3, -0.25) is 24.1 Å². The van der Waals surface area contributed by atoms with Crippen LogP contribution in [0.5, 0.6) is 5.75 Å². The third-order valence-electron chi connectivity index (χ3n) is 12.5. The molecule has 1 aliphatic carbocycles. The van der Waals surface area contributed by atoms with E-state index in [1.165, 1.54) is 30.0 Å². The van der Waals surface area contributed by atoms with Crippen LogP contribution in [0.15, 0.2) is 54.2 Å². The van der Waals surface area contributed by atoms with E-state index in [-0.39, 0.29) is 31.7 Å². The number of thiazole rings is 1. The average molecular weight is 996 g/mol. The standard InChI is InChI=1S/C47H60ClFN10O7S2/c1-28(30-7-9-31(10-8-30)38-29(2)52-27-67-38)53-41(61)36-24-33(60)26-59(36)43(63)39(55-44(64)47(49)13-14-47)46(3,4)68-22-21-66-20-19-57-15-17-58(18-16-57)42(62)32-11-12-35(37(23-32)65-6)54-45-51-25-34(48)40(50-5)56-45/h7-12,23,25,27-28,33,36,39,60H,13-22,24,26H2,1-6H3,(H,53,61)(H,55,64)(H2,50,51,54,56)/t28-,33+,36-,39+/m0/s1. The molecule has 0 unspecified atom stereocenters. The largest absolute Gasteiger partial charge is 0.495 e. The number of nitrogens with zero attached hydrogens (tertiary/aromatic N) is 6. The van der Waals surface area contributed by atoms with E-state index in [1.807, 2.05) is 43.0 Å². The highest BCUT2D eigenvalue weighted by atomic mass is 35.5. The number of β-amino-alcohol motifs (C(OH)–C–C–N with tert-alkyl or cyclic N) is 1. The SMILES string of the molecule is CNc1nc(Nc2ccc(C(=O)N3CCN(CCOCCSC(C)(C)[C@H](NC(=O)C4(F)CC4)C(=O)N4C[C@H](O)C[C@H]4C(=O)N[C@@H](C)c4ccc(-c5scnc5C)cc4)CC3)cc2OC)ncc1Cl. The first-order valence-corrected chi connectivity index (χ1v) is 24.9. The Labute approximate surface area is 409 Å². The van der Waals surface area contributed by atoms with Crippen LogP contribution in [0.25, 0.3) is 10.4 Å². The van der Waals surface area contributed by atoms with Gasteiger partial charge in [0, 0.05) is 68.8 Å². The van der Waals surface area contributed by atoms with Crippen LogP contribution in [0.1, 0.15) is 67.7 Å². The fraction of sp³-hybridized carbons (Fsp3) is 0.511. The summed E-state index contributed by atoms with van der Waals surface area (Å²) in [4.78, 5) is 74.3. The minimum Gasteiger partial charge on any atom is -0.495 e. The molecule has 2 aromatic heterocycles. The lowest BCUT2D eigenvalue weighted by molar-refractivity contribution is -0.143. The lowest BCUT2D eigenvalue weighted by Gasteiger charge is -2.37. The molecule has 2 saturated heterocycles. The Bertz CT molecular complexity index is 2440. The predicted octanol–water partition coefficient (Wildman–Crippen LogP) is 5.47. The fourth-order valence-corrected chi connectivity index (χ4v) is 10.3. The van der Waals surface area contributed by atoms with E-state index in [0.29, 0.717) is 85.5 Å². The predicted molar refractivity (Wildman–Crippen MR) is 263 cm³/mol. The van der Waals surface area contributed by atoms with E-state index < -0.39 is 52.4 Å². The van der Waals surface area contributed by atoms with E-state index in [2.05, 4.69) is 41.1 Å². The summed E-state index contributed by atoms with van der Waals surface area (Å²) < 4.78 is 25.7. The van der Waals surface area contributed by atoms with Gasteiger partial charge in [-0.2, -0.15) is 16.7 Å². The lowest BCUT2D eigenvalue weighted by Crippen LogP contribution is -2.61. The van der Waals surface area contributed by atoms with Crippen molar-refractivity contribution in [3.63, 3.8) is 0 Å². The number of aromatic nitrogens is 3. The summed E-state index contributed by atoms with van der Waals surface area (Å²) in [5, 5.41) is 22.9. The summed E-state index contributed by atoms with van der Waals surface area (Å²) in [7, 11) is 3.24. The molecular weight excluding hydrogens is 935 g/mol. The Morgan fingerprint density at radius 2 is 1.79 bits per heavy atom. The van der Waals surface area contributed by atoms with Crippen molar-refractivity contribution in [2.24, 2.45) is 0 Å². The molecule has 4 amide bonds. The van der Waals surface area contributed by atoms with Gasteiger partial charge in [-0.25, -0.2) is 14.4 Å². The van der Waals surface area contributed by atoms with Gasteiger partial charge in [0.05, 0.1) is 60.4 Å². The smallest absolute Gasteiger partial charge is 0.258 e. The van der Waals surface area contributed by atoms with Crippen molar-refractivity contribution in [1.82, 2.24) is 40.3 Å². The number of amides is 4. The number of hydrogen-bond donors (Lipinski definition) is 5. The Kier molecular flexibility index (Phi) is 16.5. The number of alkyl halides is 1. The number of rotatable bonds is 20. The molecule has 4 heterocycles. The van der Waals surface area contributed by atoms with Crippen molar-refractivity contribution in [2.45, 2.75) is 81.6 Å². The maximum Gasteiger partial charge on any atom is 0.258 e. The Morgan fingerprint density at radius 3 is 2.46 bits per heavy atom. The molecule has 2 aliphatic heterocycles. The first-order chi connectivity index (χ1) is 32.5. The number of carbonyl (C=O) groups is 4. The summed E-state index contributed by atoms with van der Waals surface area (Å²) in [6.07, 6.45) is 0.704. The number of benzene rings is 2. The van der Waals surface area contributed by atoms with Crippen LogP contribution in [0.3, 0.4) is 0 Å². The lowest BCUT2D eigenvalue weighted by atomic mass is 10.00. The number of anilines is 3. The number of carbonyl (C=O) groups excluding carboxylic acids is 4. The van der Waals surface area contributed by atoms with Gasteiger partial charge in [0.25, 0.3) is 11.8 Å². The third-order valence-corrected chi connectivity index (χ3v) is 15.1. The summed E-state index contributed by atoms with van der Waals surface area (Å²) in [5.74, 6) is -0.241. The van der Waals surface area contributed by atoms with Gasteiger partial charge < -0.3 is 45.6 Å². The van der Waals surface area contributed by atoms with Crippen LogP contribution in [0, 0.1) is 6.92 Å². The molecule has 21 heteroatoms. The van der Waals surface area contributed by atoms with E-state index in [1.54, 1.807) is 55.9 Å². The number of hydrogen-bond acceptors (Lipinski definition) is 15. The molecular formula is C47H60ClFN10O7S2. The minimum absolute atomic E-state index is 0.0244. The van der Waals surface area contributed by atoms with Crippen LogP contribution >= 0.6 is 34.7 Å². The number of aliphatic hydroxyl groups is 1. The summed E-state index contributed by atoms with van der Waals surface area (Å²) in [6.45, 7) is 11.2. The molecule has 0 spiro atoms. The molecule has 68 heavy (non-hydrogen) atoms. The topological polar surface area (TPSA) is 203 Å². The van der Waals surface area contributed by atoms with E-state index in [0.717, 1.165) is 21.7 Å². The van der Waals surface area contributed by atoms with Crippen molar-refractivity contribution in [3.8, 4) is 16.2 Å². The van der Waals surface area contributed by atoms with E-state index in [9.17, 15) is 24.3 Å². The zero-order valence-electron chi connectivity index (χ0n) is 39.1. The average Bonchev–Trinajstić information content (AvgIpc) is 3.74. The van der Waals surface area contributed by atoms with Crippen molar-refractivity contribution < 1.29 is 38.1 Å². The van der Waals surface area contributed by atoms with E-state index in [4.69, 9.17) is 21.1 Å². The van der Waals surface area contributed by atoms with Crippen molar-refractivity contribution in [2.75, 3.05) is 83.0 Å². The number of ether oxygens (including phenoxy) is 2. The van der Waals surface area contributed by atoms with Crippen molar-refractivity contribution >= 4 is 75.8 Å². The molecule has 3 fully saturated rings. The second-order valence-corrected chi connectivity index (χ2v) is 20.8. The monoisotopic (exact) mass is 994 g/mol. The summed E-state index contributed by atoms with van der Waals surface area (Å²) >= 11 is 9.07. The summed E-state index contributed by atoms with van der Waals surface area (Å²) in [6, 6.07) is 10.4. The van der Waals surface area contributed by atoms with E-state index >= 15 is 4.39 Å². The molecule has 366 valence electrons. The first-order valence-electron chi connectivity index (χ1n) is 22.7. The number of methoxy groups -OCH3 is 1. The van der Waals surface area contributed by atoms with Crippen molar-refractivity contribution in [1.29, 1.82) is 0 Å². The molecule has 4 atom stereocenters. The number of piperazine rings is 1. The maximum absolute atomic E-state index is 15.1. The van der Waals surface area contributed by atoms with Crippen LogP contribution in [-0.2, 0) is 19.1 Å². The molecule has 1 saturated carbocycles. The molecule has 5 N–H and O–H groups in total. The molecule has 17 nitrogen and oxygen atoms in total. The number of aliphatic hydroxyl groups excluding tert-OH is 1.